The number of rotatable bonds is 41. The molecule has 0 N–H and O–H groups in total. The fourth-order valence-corrected chi connectivity index (χ4v) is 6.82. The van der Waals surface area contributed by atoms with Gasteiger partial charge in [0.2, 0.25) is 0 Å². The SMILES string of the molecule is CCCCCCCC/C=C\CCCCCCCCCC(=O)O[C@H](CO/C=C\CCCCCCCCCCCCCC)COP(=O)([O-])OCC[N+](C)(C)C. The van der Waals surface area contributed by atoms with Crippen LogP contribution in [-0.4, -0.2) is 64.1 Å². The summed E-state index contributed by atoms with van der Waals surface area (Å²) in [5, 5.41) is 0. The minimum atomic E-state index is -4.54. The third kappa shape index (κ3) is 41.8. The maximum absolute atomic E-state index is 12.7. The first-order valence-electron chi connectivity index (χ1n) is 22.1. The van der Waals surface area contributed by atoms with E-state index in [0.717, 1.165) is 32.1 Å². The van der Waals surface area contributed by atoms with Crippen molar-refractivity contribution in [3.8, 4) is 0 Å². The highest BCUT2D eigenvalue weighted by molar-refractivity contribution is 7.45. The average Bonchev–Trinajstić information content (AvgIpc) is 3.11. The molecule has 314 valence electrons. The lowest BCUT2D eigenvalue weighted by molar-refractivity contribution is -0.870. The van der Waals surface area contributed by atoms with Crippen molar-refractivity contribution in [2.75, 3.05) is 47.5 Å². The fraction of sp³-hybridized carbons (Fsp3) is 0.886. The number of hydrogen-bond acceptors (Lipinski definition) is 7. The molecule has 53 heavy (non-hydrogen) atoms. The van der Waals surface area contributed by atoms with E-state index in [1.54, 1.807) is 6.26 Å². The first-order chi connectivity index (χ1) is 25.6. The Morgan fingerprint density at radius 2 is 1.00 bits per heavy atom. The summed E-state index contributed by atoms with van der Waals surface area (Å²) in [5.74, 6) is -0.359. The lowest BCUT2D eigenvalue weighted by atomic mass is 10.0. The van der Waals surface area contributed by atoms with Crippen molar-refractivity contribution in [3.05, 3.63) is 24.5 Å². The van der Waals surface area contributed by atoms with Gasteiger partial charge in [0.1, 0.15) is 19.8 Å². The highest BCUT2D eigenvalue weighted by Crippen LogP contribution is 2.38. The molecular weight excluding hydrogens is 685 g/mol. The normalized spacial score (nSPS) is 13.9. The zero-order chi connectivity index (χ0) is 39.1. The van der Waals surface area contributed by atoms with Crippen LogP contribution in [0.15, 0.2) is 24.5 Å². The van der Waals surface area contributed by atoms with Crippen LogP contribution in [-0.2, 0) is 27.9 Å². The van der Waals surface area contributed by atoms with E-state index in [9.17, 15) is 14.3 Å². The van der Waals surface area contributed by atoms with Crippen LogP contribution in [0.25, 0.3) is 0 Å². The summed E-state index contributed by atoms with van der Waals surface area (Å²) in [5.41, 5.74) is 0. The van der Waals surface area contributed by atoms with Gasteiger partial charge in [-0.2, -0.15) is 0 Å². The second-order valence-electron chi connectivity index (χ2n) is 16.1. The zero-order valence-electron chi connectivity index (χ0n) is 35.5. The van der Waals surface area contributed by atoms with Crippen molar-refractivity contribution < 1.29 is 37.3 Å². The van der Waals surface area contributed by atoms with Crippen LogP contribution in [0.3, 0.4) is 0 Å². The van der Waals surface area contributed by atoms with Gasteiger partial charge in [0.05, 0.1) is 34.0 Å². The van der Waals surface area contributed by atoms with Crippen molar-refractivity contribution in [3.63, 3.8) is 0 Å². The van der Waals surface area contributed by atoms with Crippen LogP contribution in [0.1, 0.15) is 200 Å². The van der Waals surface area contributed by atoms with Crippen LogP contribution < -0.4 is 4.89 Å². The van der Waals surface area contributed by atoms with Gasteiger partial charge < -0.3 is 27.9 Å². The third-order valence-electron chi connectivity index (χ3n) is 9.57. The molecule has 0 fully saturated rings. The molecule has 0 spiro atoms. The number of nitrogens with zero attached hydrogens (tertiary/aromatic N) is 1. The molecule has 2 atom stereocenters. The maximum Gasteiger partial charge on any atom is 0.306 e. The molecule has 0 amide bonds. The molecule has 0 rings (SSSR count). The van der Waals surface area contributed by atoms with E-state index in [4.69, 9.17) is 18.5 Å². The average molecular weight is 772 g/mol. The number of carbonyl (C=O) groups excluding carboxylic acids is 1. The predicted octanol–water partition coefficient (Wildman–Crippen LogP) is 12.5. The van der Waals surface area contributed by atoms with E-state index in [2.05, 4.69) is 26.0 Å². The molecule has 1 unspecified atom stereocenters. The Morgan fingerprint density at radius 3 is 1.45 bits per heavy atom. The van der Waals surface area contributed by atoms with E-state index in [1.807, 2.05) is 27.2 Å². The molecule has 0 bridgehead atoms. The predicted molar refractivity (Wildman–Crippen MR) is 222 cm³/mol. The molecule has 0 aliphatic carbocycles. The highest BCUT2D eigenvalue weighted by Gasteiger charge is 2.20. The molecule has 0 aromatic carbocycles. The molecule has 0 radical (unpaired) electrons. The number of unbranched alkanes of at least 4 members (excludes halogenated alkanes) is 25. The molecule has 8 nitrogen and oxygen atoms in total. The fourth-order valence-electron chi connectivity index (χ4n) is 6.09. The smallest absolute Gasteiger partial charge is 0.306 e. The van der Waals surface area contributed by atoms with Gasteiger partial charge in [0.15, 0.2) is 6.10 Å². The monoisotopic (exact) mass is 772 g/mol. The number of esters is 1. The first-order valence-corrected chi connectivity index (χ1v) is 23.6. The van der Waals surface area contributed by atoms with Crippen LogP contribution in [0, 0.1) is 0 Å². The number of phosphoric ester groups is 1. The van der Waals surface area contributed by atoms with Gasteiger partial charge in [-0.25, -0.2) is 0 Å². The minimum Gasteiger partial charge on any atom is -0.756 e. The summed E-state index contributed by atoms with van der Waals surface area (Å²) in [6.45, 7) is 4.74. The van der Waals surface area contributed by atoms with E-state index in [1.165, 1.54) is 148 Å². The molecule has 9 heteroatoms. The van der Waals surface area contributed by atoms with Crippen molar-refractivity contribution >= 4 is 13.8 Å². The first kappa shape index (κ1) is 51.8. The lowest BCUT2D eigenvalue weighted by Gasteiger charge is -2.28. The Bertz CT molecular complexity index is 905. The zero-order valence-corrected chi connectivity index (χ0v) is 36.4. The quantitative estimate of drug-likeness (QED) is 0.0152. The number of phosphoric acid groups is 1. The number of allylic oxidation sites excluding steroid dienone is 3. The van der Waals surface area contributed by atoms with Gasteiger partial charge in [-0.3, -0.25) is 9.36 Å². The minimum absolute atomic E-state index is 0.0173. The topological polar surface area (TPSA) is 94.1 Å². The number of quaternary nitrogens is 1. The summed E-state index contributed by atoms with van der Waals surface area (Å²) in [4.78, 5) is 25.0. The Kier molecular flexibility index (Phi) is 36.9. The Labute approximate surface area is 328 Å². The summed E-state index contributed by atoms with van der Waals surface area (Å²) in [7, 11) is 1.33. The van der Waals surface area contributed by atoms with E-state index >= 15 is 0 Å². The molecule has 0 heterocycles. The van der Waals surface area contributed by atoms with E-state index in [0.29, 0.717) is 17.4 Å². The number of likely N-dealkylation sites (N-methyl/N-ethyl adjacent to an activating group) is 1. The van der Waals surface area contributed by atoms with Gasteiger partial charge in [0.25, 0.3) is 7.82 Å². The van der Waals surface area contributed by atoms with Crippen LogP contribution in [0.4, 0.5) is 0 Å². The highest BCUT2D eigenvalue weighted by atomic mass is 31.2. The van der Waals surface area contributed by atoms with Crippen molar-refractivity contribution in [2.45, 2.75) is 206 Å². The van der Waals surface area contributed by atoms with E-state index < -0.39 is 13.9 Å². The van der Waals surface area contributed by atoms with Gasteiger partial charge in [-0.05, 0) is 51.0 Å². The lowest BCUT2D eigenvalue weighted by Crippen LogP contribution is -2.37. The largest absolute Gasteiger partial charge is 0.756 e. The van der Waals surface area contributed by atoms with Gasteiger partial charge in [0, 0.05) is 6.42 Å². The molecule has 0 aromatic rings. The number of ether oxygens (including phenoxy) is 2. The Balaban J connectivity index is 4.27. The maximum atomic E-state index is 12.7. The van der Waals surface area contributed by atoms with Crippen molar-refractivity contribution in [2.24, 2.45) is 0 Å². The molecule has 0 aliphatic rings. The second kappa shape index (κ2) is 37.7. The summed E-state index contributed by atoms with van der Waals surface area (Å²) >= 11 is 0. The number of carbonyl (C=O) groups is 1. The molecule has 0 saturated carbocycles. The van der Waals surface area contributed by atoms with Gasteiger partial charge in [-0.15, -0.1) is 0 Å². The second-order valence-corrected chi connectivity index (χ2v) is 17.5. The van der Waals surface area contributed by atoms with Crippen LogP contribution in [0.2, 0.25) is 0 Å². The molecular formula is C44H86NO7P. The van der Waals surface area contributed by atoms with Gasteiger partial charge in [-0.1, -0.05) is 161 Å². The third-order valence-corrected chi connectivity index (χ3v) is 10.5. The Hall–Kier alpha value is -1.18. The van der Waals surface area contributed by atoms with Crippen LogP contribution >= 0.6 is 7.82 Å². The van der Waals surface area contributed by atoms with E-state index in [-0.39, 0.29) is 25.8 Å². The summed E-state index contributed by atoms with van der Waals surface area (Å²) in [6, 6.07) is 0. The molecule has 0 saturated heterocycles. The van der Waals surface area contributed by atoms with Gasteiger partial charge >= 0.3 is 5.97 Å². The standard InChI is InChI=1S/C44H86NO7P/c1-6-8-10-12-14-16-18-20-22-23-24-25-27-29-31-33-35-37-44(46)52-43(42-51-53(47,48)50-40-38-45(3,4)5)41-49-39-36-34-32-30-28-26-21-19-17-15-13-11-9-7-2/h20,22,36,39,43H,6-19,21,23-35,37-38,40-42H2,1-5H3/b22-20-,39-36-/t43-/m1/s1. The van der Waals surface area contributed by atoms with Crippen LogP contribution in [0.5, 0.6) is 0 Å². The Morgan fingerprint density at radius 1 is 0.585 bits per heavy atom. The summed E-state index contributed by atoms with van der Waals surface area (Å²) in [6.07, 6.45) is 42.8. The number of hydrogen-bond donors (Lipinski definition) is 0. The van der Waals surface area contributed by atoms with Crippen molar-refractivity contribution in [1.29, 1.82) is 0 Å². The molecule has 0 aromatic heterocycles. The van der Waals surface area contributed by atoms with Crippen molar-refractivity contribution in [1.82, 2.24) is 0 Å². The molecule has 0 aliphatic heterocycles. The summed E-state index contributed by atoms with van der Waals surface area (Å²) < 4.78 is 34.3.